The highest BCUT2D eigenvalue weighted by Gasteiger charge is 2.01. The topological polar surface area (TPSA) is 65.8 Å². The molecule has 0 fully saturated rings. The molecule has 0 radical (unpaired) electrons. The van der Waals surface area contributed by atoms with Crippen LogP contribution < -0.4 is 0 Å². The molecular formula is C15H11N3O. The molecule has 0 unspecified atom stereocenters. The maximum atomic E-state index is 12.0. The largest absolute Gasteiger partial charge is 0.289 e. The molecule has 0 spiro atoms. The SMILES string of the molecule is [N-]=[N+]=Nc1cccc(C(=O)C=Cc2ccccc2)c1. The van der Waals surface area contributed by atoms with Crippen LogP contribution in [0.1, 0.15) is 15.9 Å². The predicted octanol–water partition coefficient (Wildman–Crippen LogP) is 4.52. The molecule has 2 aromatic carbocycles. The summed E-state index contributed by atoms with van der Waals surface area (Å²) in [5.74, 6) is -0.126. The molecule has 2 rings (SSSR count). The molecule has 0 atom stereocenters. The molecule has 0 aliphatic carbocycles. The summed E-state index contributed by atoms with van der Waals surface area (Å²) in [6.45, 7) is 0. The Balaban J connectivity index is 2.18. The van der Waals surface area contributed by atoms with Crippen LogP contribution in [0.3, 0.4) is 0 Å². The predicted molar refractivity (Wildman–Crippen MR) is 75.1 cm³/mol. The van der Waals surface area contributed by atoms with Gasteiger partial charge in [-0.05, 0) is 23.2 Å². The third-order valence-electron chi connectivity index (χ3n) is 2.52. The quantitative estimate of drug-likeness (QED) is 0.258. The van der Waals surface area contributed by atoms with Gasteiger partial charge in [-0.2, -0.15) is 0 Å². The summed E-state index contributed by atoms with van der Waals surface area (Å²) in [4.78, 5) is 14.6. The second-order valence-electron chi connectivity index (χ2n) is 3.85. The van der Waals surface area contributed by atoms with Crippen molar-refractivity contribution in [1.82, 2.24) is 0 Å². The number of hydrogen-bond acceptors (Lipinski definition) is 2. The Kier molecular flexibility index (Phi) is 4.11. The van der Waals surface area contributed by atoms with Crippen LogP contribution in [0.2, 0.25) is 0 Å². The van der Waals surface area contributed by atoms with Crippen molar-refractivity contribution in [2.45, 2.75) is 0 Å². The third kappa shape index (κ3) is 3.56. The van der Waals surface area contributed by atoms with Gasteiger partial charge in [-0.1, -0.05) is 59.7 Å². The maximum Gasteiger partial charge on any atom is 0.185 e. The van der Waals surface area contributed by atoms with E-state index >= 15 is 0 Å². The van der Waals surface area contributed by atoms with Gasteiger partial charge in [-0.25, -0.2) is 0 Å². The lowest BCUT2D eigenvalue weighted by Crippen LogP contribution is -1.92. The van der Waals surface area contributed by atoms with Crippen LogP contribution in [0, 0.1) is 0 Å². The lowest BCUT2D eigenvalue weighted by Gasteiger charge is -1.97. The Hall–Kier alpha value is -2.84. The molecule has 4 nitrogen and oxygen atoms in total. The molecule has 0 amide bonds. The van der Waals surface area contributed by atoms with E-state index in [0.29, 0.717) is 11.3 Å². The first-order chi connectivity index (χ1) is 9.29. The Labute approximate surface area is 110 Å². The number of benzene rings is 2. The van der Waals surface area contributed by atoms with Crippen LogP contribution in [-0.4, -0.2) is 5.78 Å². The van der Waals surface area contributed by atoms with Gasteiger partial charge in [0, 0.05) is 16.2 Å². The average Bonchev–Trinajstić information content (AvgIpc) is 2.46. The molecule has 0 aromatic heterocycles. The van der Waals surface area contributed by atoms with Gasteiger partial charge in [-0.3, -0.25) is 4.79 Å². The Morgan fingerprint density at radius 1 is 1.11 bits per heavy atom. The van der Waals surface area contributed by atoms with Crippen LogP contribution >= 0.6 is 0 Å². The first-order valence-electron chi connectivity index (χ1n) is 5.72. The fourth-order valence-corrected chi connectivity index (χ4v) is 1.61. The summed E-state index contributed by atoms with van der Waals surface area (Å²) in [7, 11) is 0. The number of rotatable bonds is 4. The van der Waals surface area contributed by atoms with E-state index in [1.165, 1.54) is 6.08 Å². The van der Waals surface area contributed by atoms with Gasteiger partial charge in [0.05, 0.1) is 0 Å². The number of allylic oxidation sites excluding steroid dienone is 1. The van der Waals surface area contributed by atoms with Crippen LogP contribution in [0.15, 0.2) is 65.8 Å². The van der Waals surface area contributed by atoms with Crippen molar-refractivity contribution >= 4 is 17.5 Å². The van der Waals surface area contributed by atoms with Gasteiger partial charge >= 0.3 is 0 Å². The Morgan fingerprint density at radius 3 is 2.63 bits per heavy atom. The van der Waals surface area contributed by atoms with Gasteiger partial charge < -0.3 is 0 Å². The minimum atomic E-state index is -0.126. The first kappa shape index (κ1) is 12.6. The average molecular weight is 249 g/mol. The molecule has 19 heavy (non-hydrogen) atoms. The van der Waals surface area contributed by atoms with E-state index in [1.54, 1.807) is 30.3 Å². The number of carbonyl (C=O) groups excluding carboxylic acids is 1. The molecule has 0 heterocycles. The first-order valence-corrected chi connectivity index (χ1v) is 5.72. The zero-order chi connectivity index (χ0) is 13.5. The van der Waals surface area contributed by atoms with Gasteiger partial charge in [0.15, 0.2) is 5.78 Å². The highest BCUT2D eigenvalue weighted by atomic mass is 16.1. The minimum absolute atomic E-state index is 0.126. The zero-order valence-electron chi connectivity index (χ0n) is 10.1. The van der Waals surface area contributed by atoms with E-state index in [9.17, 15) is 4.79 Å². The molecule has 0 aliphatic rings. The number of nitrogens with zero attached hydrogens (tertiary/aromatic N) is 3. The van der Waals surface area contributed by atoms with Crippen molar-refractivity contribution in [3.8, 4) is 0 Å². The summed E-state index contributed by atoms with van der Waals surface area (Å²) in [6.07, 6.45) is 3.26. The summed E-state index contributed by atoms with van der Waals surface area (Å²) >= 11 is 0. The zero-order valence-corrected chi connectivity index (χ0v) is 10.1. The van der Waals surface area contributed by atoms with Gasteiger partial charge in [0.1, 0.15) is 0 Å². The lowest BCUT2D eigenvalue weighted by molar-refractivity contribution is 0.104. The lowest BCUT2D eigenvalue weighted by atomic mass is 10.1. The van der Waals surface area contributed by atoms with Crippen molar-refractivity contribution in [3.05, 3.63) is 82.2 Å². The Morgan fingerprint density at radius 2 is 1.89 bits per heavy atom. The van der Waals surface area contributed by atoms with Crippen molar-refractivity contribution in [2.75, 3.05) is 0 Å². The van der Waals surface area contributed by atoms with Crippen LogP contribution in [0.4, 0.5) is 5.69 Å². The van der Waals surface area contributed by atoms with Crippen LogP contribution in [0.5, 0.6) is 0 Å². The van der Waals surface area contributed by atoms with E-state index < -0.39 is 0 Å². The fraction of sp³-hybridized carbons (Fsp3) is 0. The summed E-state index contributed by atoms with van der Waals surface area (Å²) in [5, 5.41) is 3.47. The number of hydrogen-bond donors (Lipinski definition) is 0. The number of azide groups is 1. The molecule has 2 aromatic rings. The molecule has 0 bridgehead atoms. The molecular weight excluding hydrogens is 238 g/mol. The van der Waals surface area contributed by atoms with Gasteiger partial charge in [0.25, 0.3) is 0 Å². The van der Waals surface area contributed by atoms with E-state index in [2.05, 4.69) is 10.0 Å². The van der Waals surface area contributed by atoms with E-state index in [1.807, 2.05) is 30.3 Å². The minimum Gasteiger partial charge on any atom is -0.289 e. The normalized spacial score (nSPS) is 10.1. The van der Waals surface area contributed by atoms with E-state index in [0.717, 1.165) is 5.56 Å². The standard InChI is InChI=1S/C15H11N3O/c16-18-17-14-8-4-7-13(11-14)15(19)10-9-12-5-2-1-3-6-12/h1-11H. The summed E-state index contributed by atoms with van der Waals surface area (Å²) in [6, 6.07) is 16.2. The smallest absolute Gasteiger partial charge is 0.185 e. The van der Waals surface area contributed by atoms with Crippen LogP contribution in [0.25, 0.3) is 16.5 Å². The van der Waals surface area contributed by atoms with Crippen molar-refractivity contribution in [1.29, 1.82) is 0 Å². The molecule has 0 saturated carbocycles. The van der Waals surface area contributed by atoms with Gasteiger partial charge in [-0.15, -0.1) is 0 Å². The highest BCUT2D eigenvalue weighted by Crippen LogP contribution is 2.15. The van der Waals surface area contributed by atoms with Crippen molar-refractivity contribution in [2.24, 2.45) is 5.11 Å². The van der Waals surface area contributed by atoms with Crippen molar-refractivity contribution in [3.63, 3.8) is 0 Å². The van der Waals surface area contributed by atoms with E-state index in [4.69, 9.17) is 5.53 Å². The molecule has 0 N–H and O–H groups in total. The van der Waals surface area contributed by atoms with Crippen molar-refractivity contribution < 1.29 is 4.79 Å². The monoisotopic (exact) mass is 249 g/mol. The van der Waals surface area contributed by atoms with E-state index in [-0.39, 0.29) is 5.78 Å². The second kappa shape index (κ2) is 6.19. The molecule has 0 saturated heterocycles. The highest BCUT2D eigenvalue weighted by molar-refractivity contribution is 6.07. The summed E-state index contributed by atoms with van der Waals surface area (Å²) < 4.78 is 0. The Bertz CT molecular complexity index is 656. The number of carbonyl (C=O) groups is 1. The van der Waals surface area contributed by atoms with Crippen LogP contribution in [-0.2, 0) is 0 Å². The third-order valence-corrected chi connectivity index (χ3v) is 2.52. The maximum absolute atomic E-state index is 12.0. The molecule has 92 valence electrons. The molecule has 4 heteroatoms. The number of ketones is 1. The van der Waals surface area contributed by atoms with Gasteiger partial charge in [0.2, 0.25) is 0 Å². The second-order valence-corrected chi connectivity index (χ2v) is 3.85. The molecule has 0 aliphatic heterocycles. The summed E-state index contributed by atoms with van der Waals surface area (Å²) in [5.41, 5.74) is 10.3. The fourth-order valence-electron chi connectivity index (χ4n) is 1.61.